The van der Waals surface area contributed by atoms with Crippen molar-refractivity contribution >= 4 is 9.84 Å². The van der Waals surface area contributed by atoms with Gasteiger partial charge in [-0.15, -0.1) is 0 Å². The molecule has 4 rings (SSSR count). The molecule has 0 radical (unpaired) electrons. The molecule has 8 heteroatoms. The average Bonchev–Trinajstić information content (AvgIpc) is 3.00. The van der Waals surface area contributed by atoms with Crippen molar-refractivity contribution in [1.82, 2.24) is 20.1 Å². The summed E-state index contributed by atoms with van der Waals surface area (Å²) in [7, 11) is -3.66. The third-order valence-corrected chi connectivity index (χ3v) is 6.31. The number of fused-ring (bicyclic) bond motifs is 1. The lowest BCUT2D eigenvalue weighted by Crippen LogP contribution is -2.32. The Morgan fingerprint density at radius 2 is 1.88 bits per heavy atom. The summed E-state index contributed by atoms with van der Waals surface area (Å²) in [5.74, 6) is 0.255. The Labute approximate surface area is 144 Å². The lowest BCUT2D eigenvalue weighted by atomic mass is 10.1. The monoisotopic (exact) mass is 356 g/mol. The Morgan fingerprint density at radius 3 is 2.60 bits per heavy atom. The van der Waals surface area contributed by atoms with Gasteiger partial charge >= 0.3 is 0 Å². The molecule has 1 aromatic carbocycles. The number of pyridine rings is 1. The van der Waals surface area contributed by atoms with Gasteiger partial charge in [0.2, 0.25) is 5.88 Å². The zero-order valence-corrected chi connectivity index (χ0v) is 14.0. The molecule has 3 heterocycles. The quantitative estimate of drug-likeness (QED) is 0.740. The fourth-order valence-corrected chi connectivity index (χ4v) is 4.78. The third kappa shape index (κ3) is 2.59. The van der Waals surface area contributed by atoms with E-state index in [2.05, 4.69) is 15.4 Å². The summed E-state index contributed by atoms with van der Waals surface area (Å²) >= 11 is 0. The molecule has 0 spiro atoms. The van der Waals surface area contributed by atoms with E-state index < -0.39 is 15.1 Å². The van der Waals surface area contributed by atoms with Gasteiger partial charge in [0.1, 0.15) is 5.25 Å². The predicted molar refractivity (Wildman–Crippen MR) is 91.1 cm³/mol. The SMILES string of the molecule is O=S(=O)(c1ccccc1)C1CNCc2nn(-c3ccccn3)c(O)c21. The number of benzene rings is 1. The highest BCUT2D eigenvalue weighted by Crippen LogP contribution is 2.38. The maximum absolute atomic E-state index is 13.0. The van der Waals surface area contributed by atoms with E-state index in [4.69, 9.17) is 0 Å². The molecule has 1 aliphatic rings. The zero-order valence-electron chi connectivity index (χ0n) is 13.2. The van der Waals surface area contributed by atoms with E-state index in [0.717, 1.165) is 0 Å². The van der Waals surface area contributed by atoms with Crippen molar-refractivity contribution in [3.05, 3.63) is 66.0 Å². The van der Waals surface area contributed by atoms with Crippen LogP contribution in [0.3, 0.4) is 0 Å². The molecule has 1 aliphatic heterocycles. The van der Waals surface area contributed by atoms with Crippen LogP contribution in [0.2, 0.25) is 0 Å². The first-order valence-corrected chi connectivity index (χ1v) is 9.35. The summed E-state index contributed by atoms with van der Waals surface area (Å²) < 4.78 is 27.4. The molecule has 0 aliphatic carbocycles. The van der Waals surface area contributed by atoms with Crippen molar-refractivity contribution in [3.8, 4) is 11.7 Å². The Morgan fingerprint density at radius 1 is 1.12 bits per heavy atom. The van der Waals surface area contributed by atoms with Crippen LogP contribution in [0.5, 0.6) is 5.88 Å². The van der Waals surface area contributed by atoms with E-state index in [0.29, 0.717) is 23.6 Å². The lowest BCUT2D eigenvalue weighted by molar-refractivity contribution is 0.423. The van der Waals surface area contributed by atoms with E-state index in [1.165, 1.54) is 4.68 Å². The minimum Gasteiger partial charge on any atom is -0.493 e. The van der Waals surface area contributed by atoms with Crippen LogP contribution in [-0.2, 0) is 16.4 Å². The van der Waals surface area contributed by atoms with Crippen molar-refractivity contribution in [2.75, 3.05) is 6.54 Å². The van der Waals surface area contributed by atoms with Crippen molar-refractivity contribution in [2.45, 2.75) is 16.7 Å². The summed E-state index contributed by atoms with van der Waals surface area (Å²) in [6.07, 6.45) is 1.59. The summed E-state index contributed by atoms with van der Waals surface area (Å²) in [4.78, 5) is 4.39. The number of nitrogens with one attached hydrogen (secondary N) is 1. The molecule has 0 amide bonds. The highest BCUT2D eigenvalue weighted by Gasteiger charge is 2.38. The maximum Gasteiger partial charge on any atom is 0.220 e. The molecule has 2 N–H and O–H groups in total. The molecule has 0 fully saturated rings. The van der Waals surface area contributed by atoms with Gasteiger partial charge in [-0.05, 0) is 24.3 Å². The number of aromatic nitrogens is 3. The van der Waals surface area contributed by atoms with E-state index in [1.54, 1.807) is 54.7 Å². The minimum absolute atomic E-state index is 0.181. The molecule has 7 nitrogen and oxygen atoms in total. The van der Waals surface area contributed by atoms with E-state index in [-0.39, 0.29) is 17.3 Å². The number of hydrogen-bond donors (Lipinski definition) is 2. The molecule has 25 heavy (non-hydrogen) atoms. The molecular weight excluding hydrogens is 340 g/mol. The standard InChI is InChI=1S/C17H16N4O3S/c22-17-16-13(20-21(17)15-8-4-5-9-19-15)10-18-11-14(16)25(23,24)12-6-2-1-3-7-12/h1-9,14,18,22H,10-11H2. The summed E-state index contributed by atoms with van der Waals surface area (Å²) in [6, 6.07) is 13.5. The number of hydrogen-bond acceptors (Lipinski definition) is 6. The van der Waals surface area contributed by atoms with Crippen molar-refractivity contribution in [2.24, 2.45) is 0 Å². The van der Waals surface area contributed by atoms with Gasteiger partial charge in [0.25, 0.3) is 0 Å². The molecule has 3 aromatic rings. The zero-order chi connectivity index (χ0) is 17.4. The fraction of sp³-hybridized carbons (Fsp3) is 0.176. The highest BCUT2D eigenvalue weighted by atomic mass is 32.2. The van der Waals surface area contributed by atoms with Crippen LogP contribution >= 0.6 is 0 Å². The van der Waals surface area contributed by atoms with E-state index >= 15 is 0 Å². The smallest absolute Gasteiger partial charge is 0.220 e. The van der Waals surface area contributed by atoms with Gasteiger partial charge in [-0.25, -0.2) is 13.4 Å². The summed E-state index contributed by atoms with van der Waals surface area (Å²) in [5.41, 5.74) is 0.854. The molecule has 0 bridgehead atoms. The highest BCUT2D eigenvalue weighted by molar-refractivity contribution is 7.91. The number of aromatic hydroxyl groups is 1. The van der Waals surface area contributed by atoms with Crippen LogP contribution in [0.4, 0.5) is 0 Å². The van der Waals surface area contributed by atoms with Crippen LogP contribution in [-0.4, -0.2) is 34.8 Å². The minimum atomic E-state index is -3.66. The largest absolute Gasteiger partial charge is 0.493 e. The van der Waals surface area contributed by atoms with Gasteiger partial charge in [-0.3, -0.25) is 0 Å². The topological polar surface area (TPSA) is 97.1 Å². The average molecular weight is 356 g/mol. The van der Waals surface area contributed by atoms with Crippen LogP contribution < -0.4 is 5.32 Å². The van der Waals surface area contributed by atoms with Gasteiger partial charge in [-0.1, -0.05) is 24.3 Å². The van der Waals surface area contributed by atoms with Gasteiger partial charge in [0.15, 0.2) is 15.7 Å². The van der Waals surface area contributed by atoms with Crippen molar-refractivity contribution in [3.63, 3.8) is 0 Å². The number of sulfone groups is 1. The van der Waals surface area contributed by atoms with Crippen LogP contribution in [0.15, 0.2) is 59.6 Å². The Kier molecular flexibility index (Phi) is 3.78. The Bertz CT molecular complexity index is 1000. The second-order valence-corrected chi connectivity index (χ2v) is 7.89. The molecular formula is C17H16N4O3S. The van der Waals surface area contributed by atoms with Gasteiger partial charge in [0.05, 0.1) is 16.2 Å². The molecule has 1 atom stereocenters. The van der Waals surface area contributed by atoms with Crippen LogP contribution in [0.25, 0.3) is 5.82 Å². The van der Waals surface area contributed by atoms with E-state index in [9.17, 15) is 13.5 Å². The lowest BCUT2D eigenvalue weighted by Gasteiger charge is -2.22. The van der Waals surface area contributed by atoms with E-state index in [1.807, 2.05) is 0 Å². The first kappa shape index (κ1) is 15.8. The van der Waals surface area contributed by atoms with Crippen LogP contribution in [0.1, 0.15) is 16.5 Å². The van der Waals surface area contributed by atoms with Crippen LogP contribution in [0, 0.1) is 0 Å². The normalized spacial score (nSPS) is 17.2. The molecule has 1 unspecified atom stereocenters. The molecule has 2 aromatic heterocycles. The fourth-order valence-electron chi connectivity index (χ4n) is 3.03. The van der Waals surface area contributed by atoms with Crippen molar-refractivity contribution in [1.29, 1.82) is 0 Å². The number of rotatable bonds is 3. The molecule has 128 valence electrons. The van der Waals surface area contributed by atoms with Gasteiger partial charge in [-0.2, -0.15) is 9.78 Å². The number of nitrogens with zero attached hydrogens (tertiary/aromatic N) is 3. The van der Waals surface area contributed by atoms with Gasteiger partial charge < -0.3 is 10.4 Å². The Balaban J connectivity index is 1.85. The third-order valence-electron chi connectivity index (χ3n) is 4.23. The van der Waals surface area contributed by atoms with Gasteiger partial charge in [0, 0.05) is 19.3 Å². The summed E-state index contributed by atoms with van der Waals surface area (Å²) in [6.45, 7) is 0.606. The van der Waals surface area contributed by atoms with Crippen molar-refractivity contribution < 1.29 is 13.5 Å². The first-order chi connectivity index (χ1) is 12.1. The maximum atomic E-state index is 13.0. The second kappa shape index (κ2) is 5.98. The first-order valence-electron chi connectivity index (χ1n) is 7.81. The second-order valence-electron chi connectivity index (χ2n) is 5.76. The predicted octanol–water partition coefficient (Wildman–Crippen LogP) is 1.59. The Hall–Kier alpha value is -2.71. The molecule has 0 saturated carbocycles. The summed E-state index contributed by atoms with van der Waals surface area (Å²) in [5, 5.41) is 17.2. The molecule has 0 saturated heterocycles.